The van der Waals surface area contributed by atoms with Gasteiger partial charge in [-0.05, 0) is 18.4 Å². The van der Waals surface area contributed by atoms with E-state index in [9.17, 15) is 9.59 Å². The van der Waals surface area contributed by atoms with Gasteiger partial charge in [0.1, 0.15) is 0 Å². The van der Waals surface area contributed by atoms with Crippen molar-refractivity contribution >= 4 is 0 Å². The van der Waals surface area contributed by atoms with E-state index in [1.54, 1.807) is 0 Å². The Kier molecular flexibility index (Phi) is 2.21. The van der Waals surface area contributed by atoms with Gasteiger partial charge in [0.2, 0.25) is 0 Å². The lowest BCUT2D eigenvalue weighted by Gasteiger charge is -2.10. The summed E-state index contributed by atoms with van der Waals surface area (Å²) in [4.78, 5) is 28.0. The molecule has 1 aromatic heterocycles. The quantitative estimate of drug-likeness (QED) is 0.768. The van der Waals surface area contributed by atoms with Gasteiger partial charge < -0.3 is 4.98 Å². The highest BCUT2D eigenvalue weighted by molar-refractivity contribution is 5.36. The average molecular weight is 228 g/mol. The number of aromatic nitrogens is 2. The molecule has 1 aliphatic carbocycles. The van der Waals surface area contributed by atoms with Crippen molar-refractivity contribution in [2.75, 3.05) is 0 Å². The van der Waals surface area contributed by atoms with Gasteiger partial charge in [-0.1, -0.05) is 30.3 Å². The third kappa shape index (κ3) is 1.62. The lowest BCUT2D eigenvalue weighted by Crippen LogP contribution is -2.26. The van der Waals surface area contributed by atoms with Gasteiger partial charge in [0.15, 0.2) is 0 Å². The van der Waals surface area contributed by atoms with E-state index in [4.69, 9.17) is 0 Å². The van der Waals surface area contributed by atoms with E-state index in [2.05, 4.69) is 9.97 Å². The second-order valence-corrected chi connectivity index (χ2v) is 4.30. The molecule has 0 amide bonds. The predicted octanol–water partition coefficient (Wildman–Crippen LogP) is 1.14. The van der Waals surface area contributed by atoms with Gasteiger partial charge in [-0.3, -0.25) is 9.78 Å². The van der Waals surface area contributed by atoms with Gasteiger partial charge in [0, 0.05) is 17.2 Å². The smallest absolute Gasteiger partial charge is 0.310 e. The maximum absolute atomic E-state index is 11.6. The van der Waals surface area contributed by atoms with Crippen LogP contribution in [0.5, 0.6) is 0 Å². The fourth-order valence-corrected chi connectivity index (χ4v) is 2.53. The monoisotopic (exact) mass is 228 g/mol. The largest absolute Gasteiger partial charge is 0.325 e. The number of hydrogen-bond donors (Lipinski definition) is 2. The van der Waals surface area contributed by atoms with Crippen molar-refractivity contribution in [3.8, 4) is 0 Å². The van der Waals surface area contributed by atoms with E-state index in [0.717, 1.165) is 29.7 Å². The Morgan fingerprint density at radius 1 is 1.06 bits per heavy atom. The summed E-state index contributed by atoms with van der Waals surface area (Å²) < 4.78 is 0. The van der Waals surface area contributed by atoms with Gasteiger partial charge >= 0.3 is 5.69 Å². The van der Waals surface area contributed by atoms with Crippen LogP contribution >= 0.6 is 0 Å². The highest BCUT2D eigenvalue weighted by atomic mass is 16.2. The molecule has 1 aromatic carbocycles. The molecular weight excluding hydrogens is 216 g/mol. The molecule has 4 heteroatoms. The molecule has 17 heavy (non-hydrogen) atoms. The number of hydrogen-bond acceptors (Lipinski definition) is 2. The molecule has 2 aromatic rings. The number of fused-ring (bicyclic) bond motifs is 1. The van der Waals surface area contributed by atoms with E-state index in [1.165, 1.54) is 0 Å². The summed E-state index contributed by atoms with van der Waals surface area (Å²) in [6.07, 6.45) is 1.60. The molecule has 0 radical (unpaired) electrons. The van der Waals surface area contributed by atoms with Gasteiger partial charge in [-0.15, -0.1) is 0 Å². The maximum Gasteiger partial charge on any atom is 0.325 e. The second kappa shape index (κ2) is 3.73. The van der Waals surface area contributed by atoms with Crippen LogP contribution in [0.3, 0.4) is 0 Å². The fourth-order valence-electron chi connectivity index (χ4n) is 2.53. The summed E-state index contributed by atoms with van der Waals surface area (Å²) in [6.45, 7) is 0. The fraction of sp³-hybridized carbons (Fsp3) is 0.231. The first-order valence-corrected chi connectivity index (χ1v) is 5.66. The molecule has 0 spiro atoms. The molecule has 86 valence electrons. The SMILES string of the molecule is O=c1[nH]c2c(c(=O)[nH]1)CC[C@@H]2c1ccccc1. The molecule has 0 bridgehead atoms. The highest BCUT2D eigenvalue weighted by Gasteiger charge is 2.27. The molecule has 0 saturated heterocycles. The van der Waals surface area contributed by atoms with Crippen molar-refractivity contribution in [1.82, 2.24) is 9.97 Å². The van der Waals surface area contributed by atoms with Gasteiger partial charge in [-0.25, -0.2) is 4.79 Å². The molecule has 0 fully saturated rings. The zero-order valence-electron chi connectivity index (χ0n) is 9.19. The normalized spacial score (nSPS) is 18.0. The Morgan fingerprint density at radius 2 is 1.82 bits per heavy atom. The van der Waals surface area contributed by atoms with E-state index in [0.29, 0.717) is 0 Å². The van der Waals surface area contributed by atoms with E-state index >= 15 is 0 Å². The average Bonchev–Trinajstić information content (AvgIpc) is 2.74. The molecule has 0 saturated carbocycles. The first kappa shape index (κ1) is 10.1. The van der Waals surface area contributed by atoms with Crippen molar-refractivity contribution < 1.29 is 0 Å². The summed E-state index contributed by atoms with van der Waals surface area (Å²) >= 11 is 0. The summed E-state index contributed by atoms with van der Waals surface area (Å²) in [6, 6.07) is 9.95. The third-order valence-electron chi connectivity index (χ3n) is 3.31. The molecule has 3 rings (SSSR count). The third-order valence-corrected chi connectivity index (χ3v) is 3.31. The Hall–Kier alpha value is -2.10. The maximum atomic E-state index is 11.6. The van der Waals surface area contributed by atoms with Crippen LogP contribution in [0.25, 0.3) is 0 Å². The molecule has 2 N–H and O–H groups in total. The molecule has 1 heterocycles. The number of H-pyrrole nitrogens is 2. The lowest BCUT2D eigenvalue weighted by molar-refractivity contribution is 0.768. The van der Waals surface area contributed by atoms with Crippen LogP contribution in [0.4, 0.5) is 0 Å². The number of aromatic amines is 2. The van der Waals surface area contributed by atoms with Crippen molar-refractivity contribution in [2.45, 2.75) is 18.8 Å². The zero-order chi connectivity index (χ0) is 11.8. The summed E-state index contributed by atoms with van der Waals surface area (Å²) in [7, 11) is 0. The van der Waals surface area contributed by atoms with Gasteiger partial charge in [0.25, 0.3) is 5.56 Å². The summed E-state index contributed by atoms with van der Waals surface area (Å²) in [5, 5.41) is 0. The van der Waals surface area contributed by atoms with Crippen LogP contribution in [0.2, 0.25) is 0 Å². The first-order chi connectivity index (χ1) is 8.25. The summed E-state index contributed by atoms with van der Waals surface area (Å²) in [5.41, 5.74) is 1.98. The van der Waals surface area contributed by atoms with Crippen LogP contribution in [-0.4, -0.2) is 9.97 Å². The molecule has 0 unspecified atom stereocenters. The molecule has 0 aliphatic heterocycles. The van der Waals surface area contributed by atoms with Gasteiger partial charge in [0.05, 0.1) is 0 Å². The van der Waals surface area contributed by atoms with Crippen molar-refractivity contribution in [3.05, 3.63) is 68.0 Å². The van der Waals surface area contributed by atoms with Crippen LogP contribution in [0, 0.1) is 0 Å². The Balaban J connectivity index is 2.17. The van der Waals surface area contributed by atoms with E-state index in [1.807, 2.05) is 30.3 Å². The van der Waals surface area contributed by atoms with Gasteiger partial charge in [-0.2, -0.15) is 0 Å². The van der Waals surface area contributed by atoms with Crippen molar-refractivity contribution in [3.63, 3.8) is 0 Å². The second-order valence-electron chi connectivity index (χ2n) is 4.30. The van der Waals surface area contributed by atoms with Crippen LogP contribution in [-0.2, 0) is 6.42 Å². The molecule has 1 aliphatic rings. The lowest BCUT2D eigenvalue weighted by atomic mass is 9.97. The first-order valence-electron chi connectivity index (χ1n) is 5.66. The number of rotatable bonds is 1. The highest BCUT2D eigenvalue weighted by Crippen LogP contribution is 2.34. The number of benzene rings is 1. The molecular formula is C13H12N2O2. The minimum absolute atomic E-state index is 0.140. The van der Waals surface area contributed by atoms with E-state index < -0.39 is 5.69 Å². The van der Waals surface area contributed by atoms with Crippen LogP contribution < -0.4 is 11.2 Å². The zero-order valence-corrected chi connectivity index (χ0v) is 9.19. The van der Waals surface area contributed by atoms with Crippen molar-refractivity contribution in [1.29, 1.82) is 0 Å². The minimum atomic E-state index is -0.420. The Morgan fingerprint density at radius 3 is 2.59 bits per heavy atom. The predicted molar refractivity (Wildman–Crippen MR) is 64.3 cm³/mol. The number of nitrogens with one attached hydrogen (secondary N) is 2. The van der Waals surface area contributed by atoms with Crippen LogP contribution in [0.1, 0.15) is 29.2 Å². The summed E-state index contributed by atoms with van der Waals surface area (Å²) in [5.74, 6) is 0.140. The molecule has 4 nitrogen and oxygen atoms in total. The Bertz CT molecular complexity index is 655. The molecule has 1 atom stereocenters. The minimum Gasteiger partial charge on any atom is -0.310 e. The van der Waals surface area contributed by atoms with Crippen LogP contribution in [0.15, 0.2) is 39.9 Å². The Labute approximate surface area is 97.3 Å². The topological polar surface area (TPSA) is 65.7 Å². The van der Waals surface area contributed by atoms with E-state index in [-0.39, 0.29) is 11.5 Å². The van der Waals surface area contributed by atoms with Crippen molar-refractivity contribution in [2.24, 2.45) is 0 Å². The standard InChI is InChI=1S/C13H12N2O2/c16-12-10-7-6-9(8-4-2-1-3-5-8)11(10)14-13(17)15-12/h1-5,9H,6-7H2,(H2,14,15,16,17)/t9-/m1/s1.